The minimum Gasteiger partial charge on any atom is -0.474 e. The van der Waals surface area contributed by atoms with Gasteiger partial charge in [0.05, 0.1) is 5.75 Å². The molecule has 134 valence electrons. The predicted octanol–water partition coefficient (Wildman–Crippen LogP) is 3.03. The van der Waals surface area contributed by atoms with E-state index in [2.05, 4.69) is 9.71 Å². The van der Waals surface area contributed by atoms with Gasteiger partial charge in [0, 0.05) is 18.3 Å². The second kappa shape index (κ2) is 7.93. The lowest BCUT2D eigenvalue weighted by Crippen LogP contribution is -2.40. The lowest BCUT2D eigenvalue weighted by molar-refractivity contribution is 0.138. The van der Waals surface area contributed by atoms with Crippen LogP contribution in [0.25, 0.3) is 0 Å². The molecule has 0 bridgehead atoms. The first-order valence-corrected chi connectivity index (χ1v) is 9.97. The van der Waals surface area contributed by atoms with Crippen molar-refractivity contribution in [2.24, 2.45) is 0 Å². The third-order valence-corrected chi connectivity index (χ3v) is 5.60. The molecule has 1 aliphatic carbocycles. The van der Waals surface area contributed by atoms with Gasteiger partial charge in [-0.15, -0.1) is 0 Å². The number of rotatable bonds is 6. The Labute approximate surface area is 147 Å². The SMILES string of the molecule is O=S(=O)(Cc1cccc(F)c1)NC1CCC(Oc2ccccn2)CC1. The zero-order chi connectivity index (χ0) is 17.7. The van der Waals surface area contributed by atoms with Crippen LogP contribution in [0.1, 0.15) is 31.2 Å². The molecule has 1 saturated carbocycles. The molecule has 0 spiro atoms. The van der Waals surface area contributed by atoms with Crippen molar-refractivity contribution in [1.29, 1.82) is 0 Å². The summed E-state index contributed by atoms with van der Waals surface area (Å²) < 4.78 is 46.3. The quantitative estimate of drug-likeness (QED) is 0.855. The van der Waals surface area contributed by atoms with E-state index in [9.17, 15) is 12.8 Å². The fourth-order valence-electron chi connectivity index (χ4n) is 3.03. The minimum atomic E-state index is -3.50. The summed E-state index contributed by atoms with van der Waals surface area (Å²) in [6.07, 6.45) is 4.69. The van der Waals surface area contributed by atoms with Gasteiger partial charge in [-0.2, -0.15) is 0 Å². The molecule has 1 heterocycles. The van der Waals surface area contributed by atoms with Crippen molar-refractivity contribution < 1.29 is 17.5 Å². The summed E-state index contributed by atoms with van der Waals surface area (Å²) in [7, 11) is -3.50. The third kappa shape index (κ3) is 5.51. The molecule has 0 unspecified atom stereocenters. The van der Waals surface area contributed by atoms with Crippen molar-refractivity contribution >= 4 is 10.0 Å². The maximum Gasteiger partial charge on any atom is 0.216 e. The van der Waals surface area contributed by atoms with E-state index in [-0.39, 0.29) is 17.9 Å². The zero-order valence-corrected chi connectivity index (χ0v) is 14.6. The number of aromatic nitrogens is 1. The van der Waals surface area contributed by atoms with Crippen LogP contribution in [-0.2, 0) is 15.8 Å². The van der Waals surface area contributed by atoms with Crippen LogP contribution in [0.3, 0.4) is 0 Å². The molecular formula is C18H21FN2O3S. The van der Waals surface area contributed by atoms with E-state index in [0.29, 0.717) is 24.3 Å². The first kappa shape index (κ1) is 17.8. The molecule has 1 fully saturated rings. The smallest absolute Gasteiger partial charge is 0.216 e. The number of hydrogen-bond acceptors (Lipinski definition) is 4. The maximum absolute atomic E-state index is 13.2. The Morgan fingerprint density at radius 3 is 2.60 bits per heavy atom. The van der Waals surface area contributed by atoms with Gasteiger partial charge < -0.3 is 4.74 Å². The summed E-state index contributed by atoms with van der Waals surface area (Å²) in [5, 5.41) is 0. The molecule has 0 radical (unpaired) electrons. The normalized spacial score (nSPS) is 21.0. The lowest BCUT2D eigenvalue weighted by atomic mass is 9.94. The van der Waals surface area contributed by atoms with Gasteiger partial charge in [0.25, 0.3) is 0 Å². The minimum absolute atomic E-state index is 0.0545. The number of pyridine rings is 1. The van der Waals surface area contributed by atoms with Gasteiger partial charge in [0.1, 0.15) is 11.9 Å². The number of halogens is 1. The Balaban J connectivity index is 1.49. The molecule has 1 N–H and O–H groups in total. The monoisotopic (exact) mass is 364 g/mol. The van der Waals surface area contributed by atoms with E-state index in [1.54, 1.807) is 12.3 Å². The Morgan fingerprint density at radius 2 is 1.92 bits per heavy atom. The Morgan fingerprint density at radius 1 is 1.12 bits per heavy atom. The second-order valence-corrected chi connectivity index (χ2v) is 8.02. The van der Waals surface area contributed by atoms with Crippen molar-refractivity contribution in [2.75, 3.05) is 0 Å². The number of hydrogen-bond donors (Lipinski definition) is 1. The standard InChI is InChI=1S/C18H21FN2O3S/c19-15-5-3-4-14(12-15)13-25(22,23)21-16-7-9-17(10-8-16)24-18-6-1-2-11-20-18/h1-6,11-12,16-17,21H,7-10,13H2. The molecule has 5 nitrogen and oxygen atoms in total. The predicted molar refractivity (Wildman–Crippen MR) is 93.1 cm³/mol. The molecule has 7 heteroatoms. The van der Waals surface area contributed by atoms with E-state index in [1.165, 1.54) is 18.2 Å². The van der Waals surface area contributed by atoms with E-state index < -0.39 is 15.8 Å². The van der Waals surface area contributed by atoms with Gasteiger partial charge in [0.2, 0.25) is 15.9 Å². The molecule has 2 aromatic rings. The molecule has 3 rings (SSSR count). The average Bonchev–Trinajstić information content (AvgIpc) is 2.57. The first-order valence-electron chi connectivity index (χ1n) is 8.32. The van der Waals surface area contributed by atoms with E-state index >= 15 is 0 Å². The van der Waals surface area contributed by atoms with Crippen LogP contribution in [-0.4, -0.2) is 25.5 Å². The molecule has 0 atom stereocenters. The number of nitrogens with zero attached hydrogens (tertiary/aromatic N) is 1. The van der Waals surface area contributed by atoms with Gasteiger partial charge in [-0.05, 0) is 49.4 Å². The molecule has 0 amide bonds. The largest absolute Gasteiger partial charge is 0.474 e. The highest BCUT2D eigenvalue weighted by molar-refractivity contribution is 7.88. The number of benzene rings is 1. The summed E-state index contributed by atoms with van der Waals surface area (Å²) >= 11 is 0. The van der Waals surface area contributed by atoms with Crippen LogP contribution in [0.15, 0.2) is 48.7 Å². The molecule has 0 aliphatic heterocycles. The molecule has 0 saturated heterocycles. The Bertz CT molecular complexity index is 791. The van der Waals surface area contributed by atoms with Gasteiger partial charge in [-0.25, -0.2) is 22.5 Å². The van der Waals surface area contributed by atoms with Crippen LogP contribution in [0.5, 0.6) is 5.88 Å². The summed E-state index contributed by atoms with van der Waals surface area (Å²) in [4.78, 5) is 4.14. The Kier molecular flexibility index (Phi) is 5.65. The maximum atomic E-state index is 13.2. The third-order valence-electron chi connectivity index (χ3n) is 4.19. The van der Waals surface area contributed by atoms with Crippen molar-refractivity contribution in [2.45, 2.75) is 43.6 Å². The molecule has 25 heavy (non-hydrogen) atoms. The number of nitrogens with one attached hydrogen (secondary N) is 1. The fourth-order valence-corrected chi connectivity index (χ4v) is 4.47. The summed E-state index contributed by atoms with van der Waals surface area (Å²) in [5.74, 6) is -0.0488. The van der Waals surface area contributed by atoms with Crippen LogP contribution < -0.4 is 9.46 Å². The van der Waals surface area contributed by atoms with Gasteiger partial charge in [-0.3, -0.25) is 0 Å². The van der Waals surface area contributed by atoms with Gasteiger partial charge >= 0.3 is 0 Å². The summed E-state index contributed by atoms with van der Waals surface area (Å²) in [6.45, 7) is 0. The zero-order valence-electron chi connectivity index (χ0n) is 13.8. The fraction of sp³-hybridized carbons (Fsp3) is 0.389. The highest BCUT2D eigenvalue weighted by atomic mass is 32.2. The van der Waals surface area contributed by atoms with Crippen LogP contribution >= 0.6 is 0 Å². The van der Waals surface area contributed by atoms with E-state index in [0.717, 1.165) is 12.8 Å². The summed E-state index contributed by atoms with van der Waals surface area (Å²) in [5.41, 5.74) is 0.444. The lowest BCUT2D eigenvalue weighted by Gasteiger charge is -2.29. The van der Waals surface area contributed by atoms with Crippen LogP contribution in [0.4, 0.5) is 4.39 Å². The molecule has 1 aromatic carbocycles. The Hall–Kier alpha value is -1.99. The summed E-state index contributed by atoms with van der Waals surface area (Å²) in [6, 6.07) is 11.1. The topological polar surface area (TPSA) is 68.3 Å². The van der Waals surface area contributed by atoms with Crippen molar-refractivity contribution in [3.63, 3.8) is 0 Å². The highest BCUT2D eigenvalue weighted by Gasteiger charge is 2.26. The molecule has 1 aliphatic rings. The van der Waals surface area contributed by atoms with Gasteiger partial charge in [-0.1, -0.05) is 18.2 Å². The highest BCUT2D eigenvalue weighted by Crippen LogP contribution is 2.23. The van der Waals surface area contributed by atoms with Gasteiger partial charge in [0.15, 0.2) is 0 Å². The number of sulfonamides is 1. The number of ether oxygens (including phenoxy) is 1. The van der Waals surface area contributed by atoms with Crippen molar-refractivity contribution in [3.05, 3.63) is 60.0 Å². The second-order valence-electron chi connectivity index (χ2n) is 6.27. The van der Waals surface area contributed by atoms with Crippen LogP contribution in [0, 0.1) is 5.82 Å². The van der Waals surface area contributed by atoms with E-state index in [4.69, 9.17) is 4.74 Å². The van der Waals surface area contributed by atoms with Crippen LogP contribution in [0.2, 0.25) is 0 Å². The molecule has 1 aromatic heterocycles. The first-order chi connectivity index (χ1) is 12.0. The van der Waals surface area contributed by atoms with Crippen molar-refractivity contribution in [1.82, 2.24) is 9.71 Å². The van der Waals surface area contributed by atoms with E-state index in [1.807, 2.05) is 18.2 Å². The average molecular weight is 364 g/mol. The van der Waals surface area contributed by atoms with Crippen molar-refractivity contribution in [3.8, 4) is 5.88 Å². The molecular weight excluding hydrogens is 343 g/mol.